The highest BCUT2D eigenvalue weighted by atomic mass is 14.8. The van der Waals surface area contributed by atoms with Gasteiger partial charge >= 0.3 is 0 Å². The van der Waals surface area contributed by atoms with Gasteiger partial charge in [-0.1, -0.05) is 91.8 Å². The van der Waals surface area contributed by atoms with Crippen molar-refractivity contribution in [3.05, 3.63) is 184 Å². The van der Waals surface area contributed by atoms with Gasteiger partial charge in [0.2, 0.25) is 0 Å². The van der Waals surface area contributed by atoms with Crippen molar-refractivity contribution < 1.29 is 0 Å². The Hall–Kier alpha value is -8.36. The summed E-state index contributed by atoms with van der Waals surface area (Å²) in [5.41, 5.74) is 41.6. The van der Waals surface area contributed by atoms with Crippen LogP contribution < -0.4 is 0 Å². The lowest BCUT2D eigenvalue weighted by molar-refractivity contribution is 1.14. The summed E-state index contributed by atoms with van der Waals surface area (Å²) in [5.74, 6) is 0. The number of aryl methyl sites for hydroxylation is 8. The highest BCUT2D eigenvalue weighted by Gasteiger charge is 2.31. The van der Waals surface area contributed by atoms with Gasteiger partial charge in [-0.25, -0.2) is 19.9 Å². The van der Waals surface area contributed by atoms with Crippen LogP contribution in [0.5, 0.6) is 0 Å². The minimum Gasteiger partial charge on any atom is -0.355 e. The van der Waals surface area contributed by atoms with E-state index in [4.69, 9.17) is 19.9 Å². The van der Waals surface area contributed by atoms with Crippen LogP contribution >= 0.6 is 0 Å². The first-order valence-electron chi connectivity index (χ1n) is 31.2. The molecule has 0 spiro atoms. The summed E-state index contributed by atoms with van der Waals surface area (Å²) in [4.78, 5) is 39.0. The van der Waals surface area contributed by atoms with Crippen LogP contribution in [0, 0.1) is 48.6 Å². The first-order chi connectivity index (χ1) is 40.6. The molecule has 0 atom stereocenters. The average Bonchev–Trinajstić information content (AvgIpc) is 0.906. The fourth-order valence-corrected chi connectivity index (χ4v) is 15.3. The molecule has 8 heteroatoms. The summed E-state index contributed by atoms with van der Waals surface area (Å²) in [6.45, 7) is 36.4. The molecule has 13 rings (SSSR count). The Morgan fingerprint density at radius 1 is 0.298 bits per heavy atom. The van der Waals surface area contributed by atoms with E-state index in [1.807, 2.05) is 0 Å². The zero-order chi connectivity index (χ0) is 58.9. The molecule has 84 heavy (non-hydrogen) atoms. The molecular weight excluding hydrogens is 1020 g/mol. The number of fused-ring (bicyclic) bond motifs is 18. The van der Waals surface area contributed by atoms with E-state index in [0.29, 0.717) is 0 Å². The molecule has 0 fully saturated rings. The Morgan fingerprint density at radius 2 is 0.548 bits per heavy atom. The molecule has 0 saturated heterocycles. The number of rotatable bonds is 10. The number of aromatic nitrogens is 8. The fraction of sp³-hybridized carbons (Fsp3) is 0.316. The van der Waals surface area contributed by atoms with Crippen LogP contribution in [0.4, 0.5) is 0 Å². The third-order valence-corrected chi connectivity index (χ3v) is 19.9. The van der Waals surface area contributed by atoms with Crippen LogP contribution in [-0.4, -0.2) is 39.9 Å². The molecule has 1 aliphatic carbocycles. The number of H-pyrrole nitrogens is 4. The van der Waals surface area contributed by atoms with E-state index in [-0.39, 0.29) is 0 Å². The maximum atomic E-state index is 5.84. The molecule has 0 saturated carbocycles. The van der Waals surface area contributed by atoms with Gasteiger partial charge in [-0.05, 0) is 264 Å². The second kappa shape index (κ2) is 20.8. The molecular formula is C76H80N8. The minimum atomic E-state index is 0.843. The van der Waals surface area contributed by atoms with Crippen LogP contribution in [0.2, 0.25) is 0 Å². The van der Waals surface area contributed by atoms with Crippen molar-refractivity contribution in [2.45, 2.75) is 162 Å². The van der Waals surface area contributed by atoms with Gasteiger partial charge < -0.3 is 19.9 Å². The summed E-state index contributed by atoms with van der Waals surface area (Å²) < 4.78 is 0. The maximum absolute atomic E-state index is 5.84. The SMILES string of the molecule is CCC1=C(C)c2nc1cc1[nH]c(cc3[nH]c(cc4nc(c2-c2cccc5c2=c2c(-c6c7nc(cc8[nH]c(cc9[nH]c(cc%10nc6C(C)=C%10CC)c(C)c9CC)c(CC)c8C)C(CC)=C7C)cccc2=5)C(C)=C4CC)c(C)c3CC)c(CC)c1C. The van der Waals surface area contributed by atoms with Crippen molar-refractivity contribution in [3.8, 4) is 22.3 Å². The predicted octanol–water partition coefficient (Wildman–Crippen LogP) is 20.0. The molecule has 0 amide bonds. The maximum Gasteiger partial charge on any atom is 0.0770 e. The Labute approximate surface area is 494 Å². The Morgan fingerprint density at radius 3 is 0.774 bits per heavy atom. The standard InChI is InChI=1S/C76H80N8/c1-17-45-37(9)57-31-65-49(21-5)41(13)73(81-65)71(74-42(14)50(22-6)66(82-74)32-58-38(10)46(18-2)62(78-58)35-61(45)77-57)55-29-25-27-53-54-28-26-30-56(70(54)69(53)55)72-75-43(15)51(23-7)67(83-75)33-59-39(11)47(19-3)63(79-59)36-64-48(20-4)40(12)60(80-64)34-68-52(24-8)44(16)76(72)84-68/h25-36,77-80H,17-24H2,1-16H3. The molecule has 10 heterocycles. The molecule has 2 aromatic carbocycles. The zero-order valence-electron chi connectivity index (χ0n) is 52.4. The number of hydrogen-bond donors (Lipinski definition) is 4. The van der Waals surface area contributed by atoms with E-state index in [1.54, 1.807) is 0 Å². The van der Waals surface area contributed by atoms with Crippen LogP contribution in [0.25, 0.3) is 111 Å². The molecule has 8 nitrogen and oxygen atoms in total. The van der Waals surface area contributed by atoms with E-state index < -0.39 is 0 Å². The average molecular weight is 1110 g/mol. The molecule has 0 unspecified atom stereocenters. The van der Waals surface area contributed by atoms with Crippen molar-refractivity contribution in [2.24, 2.45) is 0 Å². The lowest BCUT2D eigenvalue weighted by atomic mass is 9.85. The van der Waals surface area contributed by atoms with Gasteiger partial charge in [-0.3, -0.25) is 0 Å². The highest BCUT2D eigenvalue weighted by Crippen LogP contribution is 2.48. The van der Waals surface area contributed by atoms with E-state index in [1.165, 1.54) is 110 Å². The third-order valence-electron chi connectivity index (χ3n) is 19.9. The monoisotopic (exact) mass is 1100 g/mol. The van der Waals surface area contributed by atoms with E-state index in [9.17, 15) is 0 Å². The van der Waals surface area contributed by atoms with Gasteiger partial charge in [0, 0.05) is 55.3 Å². The summed E-state index contributed by atoms with van der Waals surface area (Å²) in [6, 6.07) is 27.7. The fourth-order valence-electron chi connectivity index (χ4n) is 15.3. The largest absolute Gasteiger partial charge is 0.355 e. The third kappa shape index (κ3) is 8.05. The topological polar surface area (TPSA) is 115 Å². The number of aromatic amines is 4. The van der Waals surface area contributed by atoms with Crippen LogP contribution in [0.1, 0.15) is 199 Å². The molecule has 16 bridgehead atoms. The quantitative estimate of drug-likeness (QED) is 0.109. The van der Waals surface area contributed by atoms with E-state index >= 15 is 0 Å². The van der Waals surface area contributed by atoms with Gasteiger partial charge in [0.25, 0.3) is 0 Å². The summed E-state index contributed by atoms with van der Waals surface area (Å²) in [7, 11) is 0. The van der Waals surface area contributed by atoms with Crippen LogP contribution in [0.3, 0.4) is 0 Å². The second-order valence-electron chi connectivity index (χ2n) is 23.9. The van der Waals surface area contributed by atoms with Crippen LogP contribution in [0.15, 0.2) is 72.8 Å². The molecule has 8 aromatic rings. The van der Waals surface area contributed by atoms with Crippen molar-refractivity contribution in [1.29, 1.82) is 0 Å². The Kier molecular flexibility index (Phi) is 13.6. The van der Waals surface area contributed by atoms with E-state index in [0.717, 1.165) is 163 Å². The van der Waals surface area contributed by atoms with Gasteiger partial charge in [0.1, 0.15) is 0 Å². The summed E-state index contributed by atoms with van der Waals surface area (Å²) in [5, 5.41) is 4.89. The number of benzene rings is 2. The highest BCUT2D eigenvalue weighted by molar-refractivity contribution is 6.05. The predicted molar refractivity (Wildman–Crippen MR) is 356 cm³/mol. The summed E-state index contributed by atoms with van der Waals surface area (Å²) >= 11 is 0. The minimum absolute atomic E-state index is 0.843. The zero-order valence-corrected chi connectivity index (χ0v) is 52.4. The number of nitrogens with zero attached hydrogens (tertiary/aromatic N) is 4. The van der Waals surface area contributed by atoms with E-state index in [2.05, 4.69) is 204 Å². The first-order valence-corrected chi connectivity index (χ1v) is 31.2. The Balaban J connectivity index is 1.22. The van der Waals surface area contributed by atoms with Crippen molar-refractivity contribution in [1.82, 2.24) is 39.9 Å². The van der Waals surface area contributed by atoms with Gasteiger partial charge in [-0.2, -0.15) is 0 Å². The lowest BCUT2D eigenvalue weighted by Crippen LogP contribution is -2.02. The number of nitrogens with one attached hydrogen (secondary N) is 4. The normalized spacial score (nSPS) is 13.9. The molecule has 4 aliphatic heterocycles. The second-order valence-corrected chi connectivity index (χ2v) is 23.9. The smallest absolute Gasteiger partial charge is 0.0770 e. The van der Waals surface area contributed by atoms with Crippen molar-refractivity contribution >= 4 is 88.7 Å². The molecule has 0 radical (unpaired) electrons. The van der Waals surface area contributed by atoms with Crippen LogP contribution in [-0.2, 0) is 25.7 Å². The summed E-state index contributed by atoms with van der Waals surface area (Å²) in [6.07, 6.45) is 7.05. The molecule has 4 N–H and O–H groups in total. The molecule has 6 aromatic heterocycles. The number of hydrogen-bond acceptors (Lipinski definition) is 4. The van der Waals surface area contributed by atoms with Gasteiger partial charge in [0.05, 0.1) is 45.6 Å². The van der Waals surface area contributed by atoms with Gasteiger partial charge in [0.15, 0.2) is 0 Å². The van der Waals surface area contributed by atoms with Gasteiger partial charge in [-0.15, -0.1) is 0 Å². The lowest BCUT2D eigenvalue weighted by Gasteiger charge is -2.18. The van der Waals surface area contributed by atoms with Crippen molar-refractivity contribution in [3.63, 3.8) is 0 Å². The molecule has 5 aliphatic rings. The van der Waals surface area contributed by atoms with Crippen molar-refractivity contribution in [2.75, 3.05) is 0 Å². The Bertz CT molecular complexity index is 4400. The number of allylic oxidation sites excluding steroid dienone is 8. The first kappa shape index (κ1) is 54.9. The molecule has 424 valence electrons.